The van der Waals surface area contributed by atoms with E-state index in [9.17, 15) is 18.4 Å². The van der Waals surface area contributed by atoms with Gasteiger partial charge in [-0.2, -0.15) is 5.26 Å². The average Bonchev–Trinajstić information content (AvgIpc) is 3.05. The number of oxime groups is 1. The van der Waals surface area contributed by atoms with Crippen LogP contribution in [-0.4, -0.2) is 47.0 Å². The van der Waals surface area contributed by atoms with E-state index in [0.717, 1.165) is 11.1 Å². The zero-order valence-corrected chi connectivity index (χ0v) is 21.5. The summed E-state index contributed by atoms with van der Waals surface area (Å²) in [5, 5.41) is 20.6. The van der Waals surface area contributed by atoms with Crippen LogP contribution in [0.5, 0.6) is 5.75 Å². The summed E-state index contributed by atoms with van der Waals surface area (Å²) in [6.07, 6.45) is 6.36. The number of halogens is 2. The van der Waals surface area contributed by atoms with Crippen molar-refractivity contribution in [2.45, 2.75) is 39.7 Å². The molecule has 0 radical (unpaired) electrons. The first kappa shape index (κ1) is 28.1. The van der Waals surface area contributed by atoms with Crippen molar-refractivity contribution in [1.82, 2.24) is 4.90 Å². The van der Waals surface area contributed by atoms with Crippen LogP contribution in [0.4, 0.5) is 19.3 Å². The van der Waals surface area contributed by atoms with Gasteiger partial charge in [-0.25, -0.2) is 18.5 Å². The first-order chi connectivity index (χ1) is 18.1. The second-order valence-corrected chi connectivity index (χ2v) is 9.05. The summed E-state index contributed by atoms with van der Waals surface area (Å²) < 4.78 is 34.9. The van der Waals surface area contributed by atoms with Gasteiger partial charge >= 0.3 is 6.03 Å². The van der Waals surface area contributed by atoms with Crippen LogP contribution >= 0.6 is 0 Å². The minimum Gasteiger partial charge on any atom is -0.493 e. The Labute approximate surface area is 219 Å². The van der Waals surface area contributed by atoms with E-state index in [1.165, 1.54) is 36.1 Å². The minimum absolute atomic E-state index is 0.0354. The van der Waals surface area contributed by atoms with Crippen molar-refractivity contribution in [3.63, 3.8) is 0 Å². The fraction of sp³-hybridized carbons (Fsp3) is 0.286. The Hall–Kier alpha value is -4.52. The first-order valence-electron chi connectivity index (χ1n) is 11.9. The summed E-state index contributed by atoms with van der Waals surface area (Å²) in [6.45, 7) is 6.72. The molecule has 0 aliphatic carbocycles. The Morgan fingerprint density at radius 3 is 2.61 bits per heavy atom. The van der Waals surface area contributed by atoms with Crippen molar-refractivity contribution < 1.29 is 28.3 Å². The lowest BCUT2D eigenvalue weighted by molar-refractivity contribution is -0.123. The molecule has 1 aliphatic rings. The van der Waals surface area contributed by atoms with Gasteiger partial charge in [-0.15, -0.1) is 0 Å². The number of rotatable bonds is 9. The third kappa shape index (κ3) is 5.42. The van der Waals surface area contributed by atoms with Crippen LogP contribution in [0.15, 0.2) is 53.7 Å². The van der Waals surface area contributed by atoms with E-state index in [1.807, 2.05) is 0 Å². The van der Waals surface area contributed by atoms with E-state index in [-0.39, 0.29) is 35.7 Å². The number of carbonyl (C=O) groups excluding carboxylic acids is 2. The molecule has 3 amide bonds. The number of urea groups is 1. The van der Waals surface area contributed by atoms with Gasteiger partial charge in [0.1, 0.15) is 29.0 Å². The predicted octanol–water partition coefficient (Wildman–Crippen LogP) is 5.58. The normalized spacial score (nSPS) is 15.7. The van der Waals surface area contributed by atoms with E-state index in [4.69, 9.17) is 15.2 Å². The smallest absolute Gasteiger partial charge is 0.332 e. The molecule has 0 aromatic heterocycles. The van der Waals surface area contributed by atoms with Crippen LogP contribution in [0, 0.1) is 29.9 Å². The number of allylic oxidation sites excluding steroid dienone is 4. The van der Waals surface area contributed by atoms with Gasteiger partial charge < -0.3 is 14.8 Å². The van der Waals surface area contributed by atoms with Gasteiger partial charge in [-0.1, -0.05) is 17.3 Å². The van der Waals surface area contributed by atoms with Gasteiger partial charge in [0.2, 0.25) is 0 Å². The van der Waals surface area contributed by atoms with Crippen LogP contribution in [0.3, 0.4) is 0 Å². The number of anilines is 1. The largest absolute Gasteiger partial charge is 0.493 e. The van der Waals surface area contributed by atoms with Crippen LogP contribution in [-0.2, 0) is 4.79 Å². The van der Waals surface area contributed by atoms with Gasteiger partial charge in [0, 0.05) is 23.7 Å². The molecule has 0 bridgehead atoms. The molecule has 10 heteroatoms. The van der Waals surface area contributed by atoms with Gasteiger partial charge in [-0.05, 0) is 70.0 Å². The van der Waals surface area contributed by atoms with Crippen molar-refractivity contribution >= 4 is 29.4 Å². The number of imide groups is 1. The topological polar surface area (TPSA) is 106 Å². The monoisotopic (exact) mass is 522 g/mol. The molecule has 0 atom stereocenters. The third-order valence-electron chi connectivity index (χ3n) is 6.26. The highest BCUT2D eigenvalue weighted by Gasteiger charge is 2.52. The summed E-state index contributed by atoms with van der Waals surface area (Å²) in [4.78, 5) is 28.7. The summed E-state index contributed by atoms with van der Waals surface area (Å²) in [5.41, 5.74) is -0.418. The molecule has 1 aliphatic heterocycles. The molecular weight excluding hydrogens is 494 g/mol. The predicted molar refractivity (Wildman–Crippen MR) is 139 cm³/mol. The Bertz CT molecular complexity index is 1380. The summed E-state index contributed by atoms with van der Waals surface area (Å²) in [6, 6.07) is 8.16. The maximum absolute atomic E-state index is 14.7. The molecular formula is C28H28F2N4O4. The fourth-order valence-electron chi connectivity index (χ4n) is 4.19. The first-order valence-corrected chi connectivity index (χ1v) is 11.9. The van der Waals surface area contributed by atoms with Crippen molar-refractivity contribution in [1.29, 1.82) is 5.26 Å². The van der Waals surface area contributed by atoms with Crippen molar-refractivity contribution in [3.05, 3.63) is 76.9 Å². The standard InChI is InChI=1S/C28H28F2N4O4/c1-5-7-19(12-13-32-37)22-10-9-21(16-23(22)29)38-15-6-14-33-27(36)34(26(35)28(33,3)4)24-11-8-20(17-31)25(30)18(24)2/h5,7-13,16,37H,6,14-15H2,1-4H3/b7-5-,19-12+,32-13+. The number of hydrogen-bond acceptors (Lipinski definition) is 6. The second-order valence-electron chi connectivity index (χ2n) is 9.05. The number of carbonyl (C=O) groups is 2. The second kappa shape index (κ2) is 11.7. The molecule has 0 unspecified atom stereocenters. The van der Waals surface area contributed by atoms with E-state index in [2.05, 4.69) is 5.16 Å². The lowest BCUT2D eigenvalue weighted by Gasteiger charge is -2.27. The molecule has 8 nitrogen and oxygen atoms in total. The molecule has 1 N–H and O–H groups in total. The van der Waals surface area contributed by atoms with Crippen LogP contribution in [0.1, 0.15) is 43.9 Å². The molecule has 198 valence electrons. The third-order valence-corrected chi connectivity index (χ3v) is 6.26. The Kier molecular flexibility index (Phi) is 8.63. The molecule has 1 heterocycles. The zero-order valence-electron chi connectivity index (χ0n) is 21.5. The van der Waals surface area contributed by atoms with Crippen LogP contribution in [0.25, 0.3) is 5.57 Å². The van der Waals surface area contributed by atoms with Crippen LogP contribution in [0.2, 0.25) is 0 Å². The quantitative estimate of drug-likeness (QED) is 0.116. The van der Waals surface area contributed by atoms with E-state index in [0.29, 0.717) is 17.6 Å². The summed E-state index contributed by atoms with van der Waals surface area (Å²) in [5.74, 6) is -1.52. The van der Waals surface area contributed by atoms with Crippen molar-refractivity contribution in [2.24, 2.45) is 5.16 Å². The van der Waals surface area contributed by atoms with Crippen LogP contribution < -0.4 is 9.64 Å². The lowest BCUT2D eigenvalue weighted by Crippen LogP contribution is -2.44. The molecule has 38 heavy (non-hydrogen) atoms. The number of hydrogen-bond donors (Lipinski definition) is 1. The molecule has 2 aromatic carbocycles. The Morgan fingerprint density at radius 2 is 1.97 bits per heavy atom. The lowest BCUT2D eigenvalue weighted by atomic mass is 10.0. The number of benzene rings is 2. The average molecular weight is 523 g/mol. The number of nitrogens with zero attached hydrogens (tertiary/aromatic N) is 4. The number of nitriles is 1. The highest BCUT2D eigenvalue weighted by molar-refractivity contribution is 6.23. The molecule has 0 spiro atoms. The van der Waals surface area contributed by atoms with E-state index < -0.39 is 29.1 Å². The molecule has 0 saturated carbocycles. The summed E-state index contributed by atoms with van der Waals surface area (Å²) >= 11 is 0. The van der Waals surface area contributed by atoms with Gasteiger partial charge in [0.25, 0.3) is 5.91 Å². The zero-order chi connectivity index (χ0) is 28.0. The molecule has 1 fully saturated rings. The highest BCUT2D eigenvalue weighted by Crippen LogP contribution is 2.35. The van der Waals surface area contributed by atoms with E-state index in [1.54, 1.807) is 51.1 Å². The van der Waals surface area contributed by atoms with Crippen molar-refractivity contribution in [3.8, 4) is 11.8 Å². The maximum Gasteiger partial charge on any atom is 0.332 e. The summed E-state index contributed by atoms with van der Waals surface area (Å²) in [7, 11) is 0. The van der Waals surface area contributed by atoms with Gasteiger partial charge in [0.15, 0.2) is 0 Å². The minimum atomic E-state index is -1.19. The number of ether oxygens (including phenoxy) is 1. The van der Waals surface area contributed by atoms with Gasteiger partial charge in [0.05, 0.1) is 24.1 Å². The highest BCUT2D eigenvalue weighted by atomic mass is 19.1. The number of amides is 3. The Morgan fingerprint density at radius 1 is 1.24 bits per heavy atom. The molecule has 2 aromatic rings. The van der Waals surface area contributed by atoms with Gasteiger partial charge in [-0.3, -0.25) is 4.79 Å². The Balaban J connectivity index is 1.69. The van der Waals surface area contributed by atoms with E-state index >= 15 is 0 Å². The molecule has 3 rings (SSSR count). The van der Waals surface area contributed by atoms with Crippen molar-refractivity contribution in [2.75, 3.05) is 18.1 Å². The fourth-order valence-corrected chi connectivity index (χ4v) is 4.19. The SMILES string of the molecule is C\C=C/C(=C\C=N\O)c1ccc(OCCCN2C(=O)N(c3ccc(C#N)c(F)c3C)C(=O)C2(C)C)cc1F. The maximum atomic E-state index is 14.7. The molecule has 1 saturated heterocycles.